The van der Waals surface area contributed by atoms with Crippen LogP contribution in [-0.2, 0) is 6.42 Å². The molecule has 1 unspecified atom stereocenters. The number of Topliss-reactive ketones (excluding diaryl/α,β-unsaturated/α-hetero) is 1. The second kappa shape index (κ2) is 4.43. The molecule has 0 aliphatic heterocycles. The monoisotopic (exact) mass is 200 g/mol. The number of carbonyl (C=O) groups is 1. The number of hydrogen-bond acceptors (Lipinski definition) is 1. The van der Waals surface area contributed by atoms with E-state index in [1.807, 2.05) is 24.3 Å². The first-order valence-corrected chi connectivity index (χ1v) is 5.53. The number of ketones is 1. The van der Waals surface area contributed by atoms with E-state index in [9.17, 15) is 4.79 Å². The Morgan fingerprint density at radius 3 is 2.93 bits per heavy atom. The fourth-order valence-electron chi connectivity index (χ4n) is 2.28. The summed E-state index contributed by atoms with van der Waals surface area (Å²) in [5.41, 5.74) is 2.16. The highest BCUT2D eigenvalue weighted by Crippen LogP contribution is 2.28. The molecule has 0 saturated heterocycles. The lowest BCUT2D eigenvalue weighted by atomic mass is 9.81. The Balaban J connectivity index is 2.15. The third-order valence-electron chi connectivity index (χ3n) is 3.08. The minimum absolute atomic E-state index is 0.311. The summed E-state index contributed by atoms with van der Waals surface area (Å²) in [6.07, 6.45) is 5.80. The average Bonchev–Trinajstić information content (AvgIpc) is 2.26. The second-order valence-corrected chi connectivity index (χ2v) is 4.22. The van der Waals surface area contributed by atoms with Crippen LogP contribution in [0.5, 0.6) is 0 Å². The summed E-state index contributed by atoms with van der Waals surface area (Å²) < 4.78 is 0. The molecule has 1 atom stereocenters. The van der Waals surface area contributed by atoms with Crippen LogP contribution in [0.2, 0.25) is 0 Å². The van der Waals surface area contributed by atoms with Crippen LogP contribution in [0, 0.1) is 5.92 Å². The molecule has 78 valence electrons. The first-order chi connectivity index (χ1) is 7.31. The Bertz CT molecular complexity index is 379. The number of hydrogen-bond donors (Lipinski definition) is 0. The molecule has 0 aromatic heterocycles. The fourth-order valence-corrected chi connectivity index (χ4v) is 2.28. The van der Waals surface area contributed by atoms with Crippen LogP contribution in [0.1, 0.15) is 35.2 Å². The molecule has 1 aromatic carbocycles. The Morgan fingerprint density at radius 2 is 2.13 bits per heavy atom. The van der Waals surface area contributed by atoms with Gasteiger partial charge < -0.3 is 0 Å². The third kappa shape index (κ3) is 2.17. The zero-order valence-electron chi connectivity index (χ0n) is 8.91. The molecule has 1 aromatic rings. The number of allylic oxidation sites excluding steroid dienone is 1. The lowest BCUT2D eigenvalue weighted by Gasteiger charge is -2.22. The summed E-state index contributed by atoms with van der Waals surface area (Å²) in [5.74, 6) is 0.830. The van der Waals surface area contributed by atoms with Gasteiger partial charge in [-0.25, -0.2) is 0 Å². The Hall–Kier alpha value is -1.37. The van der Waals surface area contributed by atoms with Crippen molar-refractivity contribution in [3.63, 3.8) is 0 Å². The van der Waals surface area contributed by atoms with Crippen molar-refractivity contribution in [1.82, 2.24) is 0 Å². The van der Waals surface area contributed by atoms with Gasteiger partial charge in [-0.1, -0.05) is 30.3 Å². The molecule has 0 spiro atoms. The van der Waals surface area contributed by atoms with Crippen molar-refractivity contribution in [2.75, 3.05) is 0 Å². The molecule has 0 saturated carbocycles. The van der Waals surface area contributed by atoms with E-state index in [1.165, 1.54) is 5.56 Å². The first-order valence-electron chi connectivity index (χ1n) is 5.53. The largest absolute Gasteiger partial charge is 0.294 e. The summed E-state index contributed by atoms with van der Waals surface area (Å²) >= 11 is 0. The van der Waals surface area contributed by atoms with Gasteiger partial charge in [-0.05, 0) is 30.7 Å². The van der Waals surface area contributed by atoms with Gasteiger partial charge in [-0.3, -0.25) is 4.79 Å². The number of carbonyl (C=O) groups excluding carboxylic acids is 1. The molecular formula is C14H16O. The number of fused-ring (bicyclic) bond motifs is 1. The molecule has 1 aliphatic carbocycles. The summed E-state index contributed by atoms with van der Waals surface area (Å²) in [6, 6.07) is 7.98. The summed E-state index contributed by atoms with van der Waals surface area (Å²) in [5, 5.41) is 0. The van der Waals surface area contributed by atoms with Crippen molar-refractivity contribution in [1.29, 1.82) is 0 Å². The minimum atomic E-state index is 0.311. The standard InChI is InChI=1S/C14H16O/c1-2-3-6-11-9-12-7-4-5-8-13(12)14(15)10-11/h2,4-5,7-8,11H,1,3,6,9-10H2. The van der Waals surface area contributed by atoms with Crippen LogP contribution in [0.15, 0.2) is 36.9 Å². The van der Waals surface area contributed by atoms with Gasteiger partial charge in [0.1, 0.15) is 0 Å². The highest BCUT2D eigenvalue weighted by molar-refractivity contribution is 5.98. The SMILES string of the molecule is C=CCCC1CC(=O)c2ccccc2C1. The van der Waals surface area contributed by atoms with Crippen LogP contribution < -0.4 is 0 Å². The van der Waals surface area contributed by atoms with E-state index in [4.69, 9.17) is 0 Å². The van der Waals surface area contributed by atoms with E-state index in [0.717, 1.165) is 24.8 Å². The topological polar surface area (TPSA) is 17.1 Å². The van der Waals surface area contributed by atoms with Crippen LogP contribution >= 0.6 is 0 Å². The summed E-state index contributed by atoms with van der Waals surface area (Å²) in [7, 11) is 0. The number of benzene rings is 1. The molecule has 1 aliphatic rings. The van der Waals surface area contributed by atoms with Gasteiger partial charge in [-0.2, -0.15) is 0 Å². The maximum Gasteiger partial charge on any atom is 0.163 e. The second-order valence-electron chi connectivity index (χ2n) is 4.22. The molecule has 0 heterocycles. The minimum Gasteiger partial charge on any atom is -0.294 e. The maximum atomic E-state index is 11.8. The van der Waals surface area contributed by atoms with E-state index in [0.29, 0.717) is 18.1 Å². The smallest absolute Gasteiger partial charge is 0.163 e. The van der Waals surface area contributed by atoms with Gasteiger partial charge in [0.2, 0.25) is 0 Å². The predicted molar refractivity (Wildman–Crippen MR) is 62.0 cm³/mol. The van der Waals surface area contributed by atoms with Gasteiger partial charge in [0, 0.05) is 12.0 Å². The van der Waals surface area contributed by atoms with Crippen LogP contribution in [0.4, 0.5) is 0 Å². The van der Waals surface area contributed by atoms with Crippen molar-refractivity contribution in [2.24, 2.45) is 5.92 Å². The zero-order valence-corrected chi connectivity index (χ0v) is 8.91. The molecule has 0 amide bonds. The molecule has 0 fully saturated rings. The van der Waals surface area contributed by atoms with Crippen LogP contribution in [0.3, 0.4) is 0 Å². The molecule has 1 nitrogen and oxygen atoms in total. The molecule has 1 heteroatoms. The van der Waals surface area contributed by atoms with E-state index in [1.54, 1.807) is 0 Å². The molecule has 0 bridgehead atoms. The highest BCUT2D eigenvalue weighted by atomic mass is 16.1. The van der Waals surface area contributed by atoms with Gasteiger partial charge in [0.15, 0.2) is 5.78 Å². The molecule has 0 radical (unpaired) electrons. The van der Waals surface area contributed by atoms with Gasteiger partial charge in [0.05, 0.1) is 0 Å². The highest BCUT2D eigenvalue weighted by Gasteiger charge is 2.23. The lowest BCUT2D eigenvalue weighted by Crippen LogP contribution is -2.19. The average molecular weight is 200 g/mol. The molecular weight excluding hydrogens is 184 g/mol. The van der Waals surface area contributed by atoms with Crippen molar-refractivity contribution in [3.8, 4) is 0 Å². The third-order valence-corrected chi connectivity index (χ3v) is 3.08. The van der Waals surface area contributed by atoms with Crippen molar-refractivity contribution in [2.45, 2.75) is 25.7 Å². The lowest BCUT2D eigenvalue weighted by molar-refractivity contribution is 0.0946. The van der Waals surface area contributed by atoms with Gasteiger partial charge >= 0.3 is 0 Å². The normalized spacial score (nSPS) is 19.7. The van der Waals surface area contributed by atoms with E-state index >= 15 is 0 Å². The van der Waals surface area contributed by atoms with Crippen LogP contribution in [-0.4, -0.2) is 5.78 Å². The van der Waals surface area contributed by atoms with Crippen molar-refractivity contribution in [3.05, 3.63) is 48.0 Å². The van der Waals surface area contributed by atoms with E-state index < -0.39 is 0 Å². The van der Waals surface area contributed by atoms with Gasteiger partial charge in [0.25, 0.3) is 0 Å². The predicted octanol–water partition coefficient (Wildman–Crippen LogP) is 3.40. The van der Waals surface area contributed by atoms with Gasteiger partial charge in [-0.15, -0.1) is 6.58 Å². The van der Waals surface area contributed by atoms with Crippen LogP contribution in [0.25, 0.3) is 0 Å². The van der Waals surface area contributed by atoms with Crippen molar-refractivity contribution >= 4 is 5.78 Å². The molecule has 0 N–H and O–H groups in total. The van der Waals surface area contributed by atoms with E-state index in [2.05, 4.69) is 12.6 Å². The zero-order chi connectivity index (χ0) is 10.7. The maximum absolute atomic E-state index is 11.8. The fraction of sp³-hybridized carbons (Fsp3) is 0.357. The first kappa shape index (κ1) is 10.2. The molecule has 15 heavy (non-hydrogen) atoms. The summed E-state index contributed by atoms with van der Waals surface area (Å²) in [4.78, 5) is 11.8. The molecule has 2 rings (SSSR count). The Labute approximate surface area is 90.8 Å². The Morgan fingerprint density at radius 1 is 1.33 bits per heavy atom. The van der Waals surface area contributed by atoms with Crippen molar-refractivity contribution < 1.29 is 4.79 Å². The summed E-state index contributed by atoms with van der Waals surface area (Å²) in [6.45, 7) is 3.72. The quantitative estimate of drug-likeness (QED) is 0.683. The van der Waals surface area contributed by atoms with E-state index in [-0.39, 0.29) is 0 Å². The Kier molecular flexibility index (Phi) is 3.00. The number of rotatable bonds is 3.